The molecular weight excluding hydrogens is 367 g/mol. The Kier molecular flexibility index (Phi) is 6.16. The van der Waals surface area contributed by atoms with Gasteiger partial charge in [0.05, 0.1) is 13.2 Å². The minimum atomic E-state index is -0.876. The van der Waals surface area contributed by atoms with Gasteiger partial charge in [0.2, 0.25) is 0 Å². The van der Waals surface area contributed by atoms with E-state index in [0.717, 1.165) is 24.2 Å². The molecule has 0 bridgehead atoms. The highest BCUT2D eigenvalue weighted by molar-refractivity contribution is 6.08. The Labute approximate surface area is 163 Å². The quantitative estimate of drug-likeness (QED) is 0.438. The molecule has 1 aromatic rings. The van der Waals surface area contributed by atoms with Crippen LogP contribution in [0.5, 0.6) is 5.75 Å². The van der Waals surface area contributed by atoms with Crippen molar-refractivity contribution in [2.75, 3.05) is 19.8 Å². The lowest BCUT2D eigenvalue weighted by Gasteiger charge is -2.36. The van der Waals surface area contributed by atoms with Crippen molar-refractivity contribution in [2.24, 2.45) is 5.92 Å². The molecule has 1 aromatic carbocycles. The molecule has 1 saturated heterocycles. The largest absolute Gasteiger partial charge is 0.493 e. The van der Waals surface area contributed by atoms with E-state index in [9.17, 15) is 18.8 Å². The maximum absolute atomic E-state index is 12.8. The van der Waals surface area contributed by atoms with E-state index in [1.807, 2.05) is 6.92 Å². The van der Waals surface area contributed by atoms with Crippen molar-refractivity contribution in [2.45, 2.75) is 44.6 Å². The molecule has 1 N–H and O–H groups in total. The number of imide groups is 1. The summed E-state index contributed by atoms with van der Waals surface area (Å²) in [7, 11) is 0. The Bertz CT molecular complexity index is 739. The van der Waals surface area contributed by atoms with Gasteiger partial charge in [0, 0.05) is 6.42 Å². The number of amides is 3. The fourth-order valence-corrected chi connectivity index (χ4v) is 3.78. The van der Waals surface area contributed by atoms with Crippen molar-refractivity contribution >= 4 is 17.9 Å². The van der Waals surface area contributed by atoms with E-state index in [1.54, 1.807) is 0 Å². The van der Waals surface area contributed by atoms with Crippen molar-refractivity contribution < 1.29 is 28.2 Å². The SMILES string of the molecule is C[C@H]1CCCC[C@]12NC(=O)N(CC(=O)OCCCOc1ccc(F)cc1)C2=O. The van der Waals surface area contributed by atoms with Crippen molar-refractivity contribution in [3.8, 4) is 5.75 Å². The lowest BCUT2D eigenvalue weighted by Crippen LogP contribution is -2.54. The Hall–Kier alpha value is -2.64. The van der Waals surface area contributed by atoms with Gasteiger partial charge in [-0.05, 0) is 43.0 Å². The number of carbonyl (C=O) groups is 3. The van der Waals surface area contributed by atoms with E-state index in [2.05, 4.69) is 5.32 Å². The number of halogens is 1. The number of rotatable bonds is 7. The first-order valence-corrected chi connectivity index (χ1v) is 9.60. The molecule has 0 radical (unpaired) electrons. The smallest absolute Gasteiger partial charge is 0.326 e. The monoisotopic (exact) mass is 392 g/mol. The summed E-state index contributed by atoms with van der Waals surface area (Å²) in [6, 6.07) is 5.10. The van der Waals surface area contributed by atoms with Gasteiger partial charge >= 0.3 is 12.0 Å². The average molecular weight is 392 g/mol. The van der Waals surface area contributed by atoms with Gasteiger partial charge in [0.15, 0.2) is 0 Å². The first kappa shape index (κ1) is 20.1. The summed E-state index contributed by atoms with van der Waals surface area (Å²) in [5, 5.41) is 2.81. The molecule has 2 atom stereocenters. The Balaban J connectivity index is 1.41. The lowest BCUT2D eigenvalue weighted by molar-refractivity contribution is -0.148. The van der Waals surface area contributed by atoms with Gasteiger partial charge in [0.1, 0.15) is 23.7 Å². The molecule has 0 aromatic heterocycles. The van der Waals surface area contributed by atoms with Crippen LogP contribution in [0.15, 0.2) is 24.3 Å². The summed E-state index contributed by atoms with van der Waals surface area (Å²) in [6.07, 6.45) is 3.82. The number of esters is 1. The van der Waals surface area contributed by atoms with Crippen LogP contribution >= 0.6 is 0 Å². The Morgan fingerprint density at radius 1 is 1.25 bits per heavy atom. The molecule has 3 amide bonds. The maximum Gasteiger partial charge on any atom is 0.326 e. The van der Waals surface area contributed by atoms with Gasteiger partial charge in [-0.25, -0.2) is 9.18 Å². The second-order valence-corrected chi connectivity index (χ2v) is 7.32. The lowest BCUT2D eigenvalue weighted by atomic mass is 9.73. The summed E-state index contributed by atoms with van der Waals surface area (Å²) >= 11 is 0. The molecule has 1 heterocycles. The molecule has 1 aliphatic carbocycles. The third kappa shape index (κ3) is 4.26. The van der Waals surface area contributed by atoms with Crippen LogP contribution in [0.25, 0.3) is 0 Å². The predicted octanol–water partition coefficient (Wildman–Crippen LogP) is 2.64. The second-order valence-electron chi connectivity index (χ2n) is 7.32. The summed E-state index contributed by atoms with van der Waals surface area (Å²) in [4.78, 5) is 38.0. The van der Waals surface area contributed by atoms with Crippen LogP contribution in [0.2, 0.25) is 0 Å². The van der Waals surface area contributed by atoms with Crippen molar-refractivity contribution in [1.29, 1.82) is 0 Å². The molecule has 152 valence electrons. The average Bonchev–Trinajstić information content (AvgIpc) is 2.90. The van der Waals surface area contributed by atoms with Gasteiger partial charge < -0.3 is 14.8 Å². The molecule has 1 aliphatic heterocycles. The van der Waals surface area contributed by atoms with Crippen molar-refractivity contribution in [3.05, 3.63) is 30.1 Å². The number of benzene rings is 1. The number of nitrogens with one attached hydrogen (secondary N) is 1. The zero-order valence-electron chi connectivity index (χ0n) is 15.9. The van der Waals surface area contributed by atoms with Crippen LogP contribution in [-0.2, 0) is 14.3 Å². The Morgan fingerprint density at radius 2 is 2.00 bits per heavy atom. The molecule has 0 unspecified atom stereocenters. The van der Waals surface area contributed by atoms with Crippen LogP contribution in [0, 0.1) is 11.7 Å². The van der Waals surface area contributed by atoms with Crippen LogP contribution in [0.4, 0.5) is 9.18 Å². The topological polar surface area (TPSA) is 84.9 Å². The molecule has 1 saturated carbocycles. The van der Waals surface area contributed by atoms with Crippen LogP contribution in [0.1, 0.15) is 39.0 Å². The summed E-state index contributed by atoms with van der Waals surface area (Å²) in [6.45, 7) is 1.96. The fourth-order valence-electron chi connectivity index (χ4n) is 3.78. The molecule has 8 heteroatoms. The molecule has 2 aliphatic rings. The minimum Gasteiger partial charge on any atom is -0.493 e. The minimum absolute atomic E-state index is 0.0438. The van der Waals surface area contributed by atoms with Crippen molar-refractivity contribution in [3.63, 3.8) is 0 Å². The van der Waals surface area contributed by atoms with E-state index in [4.69, 9.17) is 9.47 Å². The third-order valence-corrected chi connectivity index (χ3v) is 5.42. The molecule has 1 spiro atoms. The van der Waals surface area contributed by atoms with Gasteiger partial charge in [-0.15, -0.1) is 0 Å². The zero-order valence-corrected chi connectivity index (χ0v) is 15.9. The van der Waals surface area contributed by atoms with Crippen LogP contribution in [0.3, 0.4) is 0 Å². The van der Waals surface area contributed by atoms with E-state index < -0.39 is 24.1 Å². The van der Waals surface area contributed by atoms with Gasteiger partial charge in [-0.2, -0.15) is 0 Å². The molecule has 28 heavy (non-hydrogen) atoms. The number of hydrogen-bond donors (Lipinski definition) is 1. The highest BCUT2D eigenvalue weighted by atomic mass is 19.1. The second kappa shape index (κ2) is 8.58. The van der Waals surface area contributed by atoms with Gasteiger partial charge in [0.25, 0.3) is 5.91 Å². The zero-order chi connectivity index (χ0) is 20.1. The fraction of sp³-hybridized carbons (Fsp3) is 0.550. The van der Waals surface area contributed by atoms with Gasteiger partial charge in [-0.1, -0.05) is 19.8 Å². The number of nitrogens with zero attached hydrogens (tertiary/aromatic N) is 1. The number of hydrogen-bond acceptors (Lipinski definition) is 5. The third-order valence-electron chi connectivity index (χ3n) is 5.42. The first-order valence-electron chi connectivity index (χ1n) is 9.60. The van der Waals surface area contributed by atoms with Gasteiger partial charge in [-0.3, -0.25) is 14.5 Å². The molecular formula is C20H25FN2O5. The summed E-state index contributed by atoms with van der Waals surface area (Å²) in [5.74, 6) is -0.737. The number of urea groups is 1. The predicted molar refractivity (Wildman–Crippen MR) is 98.1 cm³/mol. The number of ether oxygens (including phenoxy) is 2. The number of carbonyl (C=O) groups excluding carboxylic acids is 3. The van der Waals surface area contributed by atoms with E-state index >= 15 is 0 Å². The van der Waals surface area contributed by atoms with E-state index in [-0.39, 0.29) is 24.2 Å². The molecule has 2 fully saturated rings. The van der Waals surface area contributed by atoms with Crippen LogP contribution in [-0.4, -0.2) is 48.1 Å². The molecule has 3 rings (SSSR count). The van der Waals surface area contributed by atoms with E-state index in [1.165, 1.54) is 24.3 Å². The van der Waals surface area contributed by atoms with Crippen LogP contribution < -0.4 is 10.1 Å². The highest BCUT2D eigenvalue weighted by Gasteiger charge is 2.55. The maximum atomic E-state index is 12.8. The summed E-state index contributed by atoms with van der Waals surface area (Å²) < 4.78 is 23.3. The van der Waals surface area contributed by atoms with Crippen molar-refractivity contribution in [1.82, 2.24) is 10.2 Å². The first-order chi connectivity index (χ1) is 13.4. The normalized spacial score (nSPS) is 24.4. The highest BCUT2D eigenvalue weighted by Crippen LogP contribution is 2.38. The Morgan fingerprint density at radius 3 is 2.71 bits per heavy atom. The van der Waals surface area contributed by atoms with E-state index in [0.29, 0.717) is 25.2 Å². The molecule has 7 nitrogen and oxygen atoms in total. The summed E-state index contributed by atoms with van der Waals surface area (Å²) in [5.41, 5.74) is -0.876. The standard InChI is InChI=1S/C20H25FN2O5/c1-14-5-2-3-10-20(14)18(25)23(19(26)22-20)13-17(24)28-12-4-11-27-16-8-6-15(21)7-9-16/h6-9,14H,2-5,10-13H2,1H3,(H,22,26)/t14-,20-/m0/s1.